The van der Waals surface area contributed by atoms with Crippen molar-refractivity contribution in [3.05, 3.63) is 59.7 Å². The number of halogens is 2. The van der Waals surface area contributed by atoms with Crippen molar-refractivity contribution in [2.75, 3.05) is 6.61 Å². The van der Waals surface area contributed by atoms with E-state index < -0.39 is 0 Å². The zero-order valence-corrected chi connectivity index (χ0v) is 13.7. The van der Waals surface area contributed by atoms with Gasteiger partial charge < -0.3 is 4.74 Å². The summed E-state index contributed by atoms with van der Waals surface area (Å²) in [6.07, 6.45) is 6.14. The number of alkyl halides is 2. The lowest BCUT2D eigenvalue weighted by molar-refractivity contribution is 0.0511. The van der Waals surface area contributed by atoms with Crippen LogP contribution in [0.1, 0.15) is 27.9 Å². The molecule has 0 aliphatic carbocycles. The summed E-state index contributed by atoms with van der Waals surface area (Å²) < 4.78 is 5.22. The summed E-state index contributed by atoms with van der Waals surface area (Å²) in [4.78, 5) is 11.9. The molecule has 0 aliphatic rings. The zero-order valence-electron chi connectivity index (χ0n) is 10.6. The van der Waals surface area contributed by atoms with Crippen LogP contribution in [-0.4, -0.2) is 12.6 Å². The van der Waals surface area contributed by atoms with Gasteiger partial charge in [-0.2, -0.15) is 0 Å². The number of hydrogen-bond donors (Lipinski definition) is 0. The Balaban J connectivity index is 2.65. The maximum Gasteiger partial charge on any atom is 0.338 e. The van der Waals surface area contributed by atoms with Crippen molar-refractivity contribution in [3.63, 3.8) is 0 Å². The van der Waals surface area contributed by atoms with Crippen molar-refractivity contribution in [1.29, 1.82) is 0 Å². The number of hydrogen-bond acceptors (Lipinski definition) is 2. The number of allylic oxidation sites excluding steroid dienone is 2. The Morgan fingerprint density at radius 3 is 2.37 bits per heavy atom. The average molecular weight is 388 g/mol. The molecule has 0 heterocycles. The average Bonchev–Trinajstić information content (AvgIpc) is 2.46. The zero-order chi connectivity index (χ0) is 14.1. The van der Waals surface area contributed by atoms with Gasteiger partial charge in [0.1, 0.15) is 0 Å². The first kappa shape index (κ1) is 16.2. The molecule has 0 aliphatic heterocycles. The van der Waals surface area contributed by atoms with Crippen LogP contribution in [-0.2, 0) is 15.4 Å². The van der Waals surface area contributed by atoms with E-state index in [1.54, 1.807) is 6.08 Å². The first-order valence-corrected chi connectivity index (χ1v) is 8.15. The summed E-state index contributed by atoms with van der Waals surface area (Å²) >= 11 is 6.80. The molecule has 0 spiro atoms. The number of rotatable bonds is 7. The van der Waals surface area contributed by atoms with E-state index in [0.29, 0.717) is 18.6 Å². The van der Waals surface area contributed by atoms with E-state index in [1.807, 2.05) is 30.4 Å². The largest absolute Gasteiger partial charge is 0.462 e. The van der Waals surface area contributed by atoms with Crippen molar-refractivity contribution in [1.82, 2.24) is 0 Å². The van der Waals surface area contributed by atoms with Gasteiger partial charge in [-0.1, -0.05) is 62.7 Å². The topological polar surface area (TPSA) is 26.3 Å². The molecule has 0 bridgehead atoms. The minimum Gasteiger partial charge on any atom is -0.462 e. The Morgan fingerprint density at radius 1 is 1.21 bits per heavy atom. The Kier molecular flexibility index (Phi) is 7.75. The van der Waals surface area contributed by atoms with E-state index >= 15 is 0 Å². The lowest BCUT2D eigenvalue weighted by Crippen LogP contribution is -2.07. The molecule has 0 aromatic heterocycles. The van der Waals surface area contributed by atoms with Crippen LogP contribution in [0.25, 0.3) is 0 Å². The van der Waals surface area contributed by atoms with Crippen LogP contribution in [0, 0.1) is 0 Å². The molecule has 19 heavy (non-hydrogen) atoms. The molecule has 0 radical (unpaired) electrons. The molecular formula is C15H16Br2O2. The van der Waals surface area contributed by atoms with Crippen molar-refractivity contribution < 1.29 is 9.53 Å². The Morgan fingerprint density at radius 2 is 1.84 bits per heavy atom. The van der Waals surface area contributed by atoms with Crippen molar-refractivity contribution in [2.45, 2.75) is 17.1 Å². The van der Waals surface area contributed by atoms with Gasteiger partial charge in [-0.05, 0) is 29.7 Å². The number of ether oxygens (including phenoxy) is 1. The predicted octanol–water partition coefficient (Wildman–Crippen LogP) is 4.77. The highest BCUT2D eigenvalue weighted by atomic mass is 79.9. The first-order valence-electron chi connectivity index (χ1n) is 5.90. The third-order valence-corrected chi connectivity index (χ3v) is 3.68. The van der Waals surface area contributed by atoms with Gasteiger partial charge in [-0.15, -0.1) is 0 Å². The Labute approximate surface area is 130 Å². The molecule has 1 rings (SSSR count). The molecule has 0 amide bonds. The summed E-state index contributed by atoms with van der Waals surface area (Å²) in [6, 6.07) is 5.75. The van der Waals surface area contributed by atoms with Crippen LogP contribution in [0.5, 0.6) is 0 Å². The molecule has 0 saturated carbocycles. The van der Waals surface area contributed by atoms with Gasteiger partial charge >= 0.3 is 5.97 Å². The highest BCUT2D eigenvalue weighted by molar-refractivity contribution is 9.08. The highest BCUT2D eigenvalue weighted by Crippen LogP contribution is 2.16. The van der Waals surface area contributed by atoms with Crippen LogP contribution in [0.15, 0.2) is 43.0 Å². The SMILES string of the molecule is C=CC=CCCOC(=O)c1cc(CBr)cc(CBr)c1. The summed E-state index contributed by atoms with van der Waals surface area (Å²) in [5.41, 5.74) is 2.73. The molecule has 0 atom stereocenters. The number of carbonyl (C=O) groups is 1. The third-order valence-electron chi connectivity index (χ3n) is 2.39. The van der Waals surface area contributed by atoms with Crippen molar-refractivity contribution in [2.24, 2.45) is 0 Å². The van der Waals surface area contributed by atoms with E-state index in [1.165, 1.54) is 0 Å². The van der Waals surface area contributed by atoms with Crippen LogP contribution >= 0.6 is 31.9 Å². The fourth-order valence-corrected chi connectivity index (χ4v) is 2.18. The van der Waals surface area contributed by atoms with Gasteiger partial charge in [0, 0.05) is 10.7 Å². The highest BCUT2D eigenvalue weighted by Gasteiger charge is 2.09. The molecule has 0 saturated heterocycles. The Bertz CT molecular complexity index is 445. The normalized spacial score (nSPS) is 10.6. The van der Waals surface area contributed by atoms with Crippen LogP contribution < -0.4 is 0 Å². The van der Waals surface area contributed by atoms with Crippen LogP contribution in [0.3, 0.4) is 0 Å². The molecule has 2 nitrogen and oxygen atoms in total. The minimum atomic E-state index is -0.281. The second-order valence-electron chi connectivity index (χ2n) is 3.89. The number of benzene rings is 1. The number of esters is 1. The van der Waals surface area contributed by atoms with Gasteiger partial charge in [-0.25, -0.2) is 4.79 Å². The fourth-order valence-electron chi connectivity index (χ4n) is 1.53. The van der Waals surface area contributed by atoms with Crippen LogP contribution in [0.2, 0.25) is 0 Å². The molecule has 4 heteroatoms. The molecule has 0 N–H and O–H groups in total. The van der Waals surface area contributed by atoms with E-state index in [-0.39, 0.29) is 5.97 Å². The lowest BCUT2D eigenvalue weighted by atomic mass is 10.1. The number of carbonyl (C=O) groups excluding carboxylic acids is 1. The van der Waals surface area contributed by atoms with Crippen molar-refractivity contribution in [3.8, 4) is 0 Å². The fraction of sp³-hybridized carbons (Fsp3) is 0.267. The van der Waals surface area contributed by atoms with E-state index in [9.17, 15) is 4.79 Å². The van der Waals surface area contributed by atoms with Gasteiger partial charge in [0.15, 0.2) is 0 Å². The smallest absolute Gasteiger partial charge is 0.338 e. The van der Waals surface area contributed by atoms with Gasteiger partial charge in [-0.3, -0.25) is 0 Å². The van der Waals surface area contributed by atoms with E-state index in [2.05, 4.69) is 38.4 Å². The third kappa shape index (κ3) is 5.74. The van der Waals surface area contributed by atoms with E-state index in [4.69, 9.17) is 4.74 Å². The summed E-state index contributed by atoms with van der Waals surface area (Å²) in [6.45, 7) is 3.96. The standard InChI is InChI=1S/C15H16Br2O2/c1-2-3-4-5-6-19-15(18)14-8-12(10-16)7-13(9-14)11-17/h2-4,7-9H,1,5-6,10-11H2. The summed E-state index contributed by atoms with van der Waals surface area (Å²) in [5.74, 6) is -0.281. The minimum absolute atomic E-state index is 0.281. The Hall–Kier alpha value is -0.870. The quantitative estimate of drug-likeness (QED) is 0.291. The second kappa shape index (κ2) is 9.10. The molecule has 0 fully saturated rings. The monoisotopic (exact) mass is 386 g/mol. The van der Waals surface area contributed by atoms with Crippen molar-refractivity contribution >= 4 is 37.8 Å². The first-order chi connectivity index (χ1) is 9.21. The lowest BCUT2D eigenvalue weighted by Gasteiger charge is -2.07. The molecular weight excluding hydrogens is 372 g/mol. The van der Waals surface area contributed by atoms with Crippen LogP contribution in [0.4, 0.5) is 0 Å². The molecule has 0 unspecified atom stereocenters. The van der Waals surface area contributed by atoms with Gasteiger partial charge in [0.25, 0.3) is 0 Å². The summed E-state index contributed by atoms with van der Waals surface area (Å²) in [5, 5.41) is 1.44. The molecule has 1 aromatic carbocycles. The maximum atomic E-state index is 11.9. The van der Waals surface area contributed by atoms with E-state index in [0.717, 1.165) is 21.8 Å². The van der Waals surface area contributed by atoms with Gasteiger partial charge in [0.05, 0.1) is 12.2 Å². The maximum absolute atomic E-state index is 11.9. The van der Waals surface area contributed by atoms with Gasteiger partial charge in [0.2, 0.25) is 0 Å². The predicted molar refractivity (Wildman–Crippen MR) is 85.9 cm³/mol. The second-order valence-corrected chi connectivity index (χ2v) is 5.02. The summed E-state index contributed by atoms with van der Waals surface area (Å²) in [7, 11) is 0. The molecule has 102 valence electrons. The molecule has 1 aromatic rings.